The lowest BCUT2D eigenvalue weighted by atomic mass is 9.75. The second kappa shape index (κ2) is 5.47. The quantitative estimate of drug-likeness (QED) is 0.644. The van der Waals surface area contributed by atoms with Gasteiger partial charge in [-0.25, -0.2) is 9.18 Å². The summed E-state index contributed by atoms with van der Waals surface area (Å²) in [4.78, 5) is 23.6. The molecule has 2 bridgehead atoms. The highest BCUT2D eigenvalue weighted by atomic mass is 32.2. The third-order valence-corrected chi connectivity index (χ3v) is 4.22. The number of esters is 1. The number of thioether (sulfide) groups is 1. The van der Waals surface area contributed by atoms with Crippen molar-refractivity contribution in [2.45, 2.75) is 22.9 Å². The number of carbonyl (C=O) groups is 2. The van der Waals surface area contributed by atoms with Gasteiger partial charge in [-0.15, -0.1) is 11.8 Å². The highest BCUT2D eigenvalue weighted by Gasteiger charge is 2.69. The van der Waals surface area contributed by atoms with Crippen molar-refractivity contribution in [2.75, 3.05) is 6.26 Å². The lowest BCUT2D eigenvalue weighted by molar-refractivity contribution is -0.175. The summed E-state index contributed by atoms with van der Waals surface area (Å²) in [5, 5.41) is 9.30. The van der Waals surface area contributed by atoms with Crippen molar-refractivity contribution in [1.82, 2.24) is 0 Å². The highest BCUT2D eigenvalue weighted by Crippen LogP contribution is 2.46. The van der Waals surface area contributed by atoms with E-state index in [-0.39, 0.29) is 23.1 Å². The van der Waals surface area contributed by atoms with Gasteiger partial charge in [-0.2, -0.15) is 8.78 Å². The standard InChI is InChI=1S/C13H12F3NO4S/c1-22-10(14)13(15,16)12(17)8(9(18)19)6-2-4-7(5-3-6)21-11(12)20/h2-5,8,10H,17H2,1H3,(H,18,19). The number of ether oxygens (including phenoxy) is 1. The van der Waals surface area contributed by atoms with Gasteiger partial charge in [0.05, 0.1) is 0 Å². The summed E-state index contributed by atoms with van der Waals surface area (Å²) in [6, 6.07) is 4.90. The van der Waals surface area contributed by atoms with Crippen LogP contribution in [-0.2, 0) is 9.59 Å². The number of benzene rings is 1. The van der Waals surface area contributed by atoms with Crippen molar-refractivity contribution >= 4 is 23.7 Å². The monoisotopic (exact) mass is 335 g/mol. The summed E-state index contributed by atoms with van der Waals surface area (Å²) < 4.78 is 47.3. The Morgan fingerprint density at radius 2 is 2.00 bits per heavy atom. The molecule has 0 saturated heterocycles. The van der Waals surface area contributed by atoms with Gasteiger partial charge in [0.25, 0.3) is 0 Å². The fraction of sp³-hybridized carbons (Fsp3) is 0.385. The smallest absolute Gasteiger partial charge is 0.339 e. The molecule has 3 atom stereocenters. The molecule has 0 aliphatic carbocycles. The van der Waals surface area contributed by atoms with Crippen LogP contribution in [0.5, 0.6) is 5.75 Å². The van der Waals surface area contributed by atoms with Crippen molar-refractivity contribution in [1.29, 1.82) is 0 Å². The number of hydrogen-bond donors (Lipinski definition) is 2. The zero-order valence-corrected chi connectivity index (χ0v) is 12.1. The van der Waals surface area contributed by atoms with Gasteiger partial charge in [0.15, 0.2) is 0 Å². The molecule has 2 aliphatic heterocycles. The van der Waals surface area contributed by atoms with Crippen LogP contribution >= 0.6 is 11.8 Å². The first-order valence-corrected chi connectivity index (χ1v) is 7.33. The first-order chi connectivity index (χ1) is 10.2. The predicted octanol–water partition coefficient (Wildman–Crippen LogP) is 1.77. The summed E-state index contributed by atoms with van der Waals surface area (Å²) >= 11 is 0.122. The Labute approximate surface area is 127 Å². The van der Waals surface area contributed by atoms with E-state index in [9.17, 15) is 27.9 Å². The van der Waals surface area contributed by atoms with Gasteiger partial charge in [-0.1, -0.05) is 12.1 Å². The van der Waals surface area contributed by atoms with Gasteiger partial charge >= 0.3 is 17.9 Å². The molecule has 2 heterocycles. The largest absolute Gasteiger partial charge is 0.481 e. The topological polar surface area (TPSA) is 89.6 Å². The first-order valence-electron chi connectivity index (χ1n) is 6.04. The Morgan fingerprint density at radius 3 is 2.45 bits per heavy atom. The number of carbonyl (C=O) groups excluding carboxylic acids is 1. The van der Waals surface area contributed by atoms with Gasteiger partial charge in [0.2, 0.25) is 11.0 Å². The van der Waals surface area contributed by atoms with Gasteiger partial charge in [-0.3, -0.25) is 4.79 Å². The minimum atomic E-state index is -4.46. The maximum Gasteiger partial charge on any atom is 0.339 e. The molecule has 0 fully saturated rings. The molecule has 0 spiro atoms. The molecule has 22 heavy (non-hydrogen) atoms. The Bertz CT molecular complexity index is 610. The molecule has 3 rings (SSSR count). The van der Waals surface area contributed by atoms with E-state index < -0.39 is 34.8 Å². The number of aliphatic carboxylic acids is 1. The summed E-state index contributed by atoms with van der Waals surface area (Å²) in [6.07, 6.45) is 1.06. The van der Waals surface area contributed by atoms with Crippen molar-refractivity contribution in [3.63, 3.8) is 0 Å². The van der Waals surface area contributed by atoms with E-state index in [1.807, 2.05) is 0 Å². The second-order valence-corrected chi connectivity index (χ2v) is 5.66. The zero-order valence-electron chi connectivity index (χ0n) is 11.3. The minimum Gasteiger partial charge on any atom is -0.481 e. The SMILES string of the molecule is CSC(F)C(F)(F)C1(N)C(=O)Oc2ccc(cc2)C1C(=O)O. The van der Waals surface area contributed by atoms with Crippen LogP contribution < -0.4 is 10.5 Å². The van der Waals surface area contributed by atoms with Crippen LogP contribution in [0.2, 0.25) is 0 Å². The summed E-state index contributed by atoms with van der Waals surface area (Å²) in [5.74, 6) is -10.2. The minimum absolute atomic E-state index is 0.0808. The van der Waals surface area contributed by atoms with E-state index >= 15 is 0 Å². The number of carboxylic acid groups (broad SMARTS) is 1. The van der Waals surface area contributed by atoms with E-state index in [2.05, 4.69) is 0 Å². The maximum absolute atomic E-state index is 14.4. The number of hydrogen-bond acceptors (Lipinski definition) is 5. The van der Waals surface area contributed by atoms with Crippen LogP contribution in [0.3, 0.4) is 0 Å². The third-order valence-electron chi connectivity index (χ3n) is 3.51. The van der Waals surface area contributed by atoms with Crippen LogP contribution in [0, 0.1) is 0 Å². The molecule has 2 aliphatic rings. The molecule has 9 heteroatoms. The number of alkyl halides is 3. The van der Waals surface area contributed by atoms with Crippen molar-refractivity contribution < 1.29 is 32.6 Å². The van der Waals surface area contributed by atoms with Crippen molar-refractivity contribution in [2.24, 2.45) is 5.73 Å². The molecular formula is C13H12F3NO4S. The Morgan fingerprint density at radius 1 is 1.45 bits per heavy atom. The van der Waals surface area contributed by atoms with E-state index in [0.29, 0.717) is 0 Å². The fourth-order valence-corrected chi connectivity index (χ4v) is 2.79. The van der Waals surface area contributed by atoms with Crippen LogP contribution in [0.25, 0.3) is 0 Å². The molecule has 1 aromatic rings. The number of nitrogens with two attached hydrogens (primary N) is 1. The van der Waals surface area contributed by atoms with Crippen LogP contribution in [0.1, 0.15) is 11.5 Å². The number of carboxylic acids is 1. The molecule has 0 aromatic heterocycles. The first kappa shape index (κ1) is 16.6. The summed E-state index contributed by atoms with van der Waals surface area (Å²) in [7, 11) is 0. The number of rotatable bonds is 4. The second-order valence-electron chi connectivity index (χ2n) is 4.77. The van der Waals surface area contributed by atoms with Crippen LogP contribution in [0.4, 0.5) is 13.2 Å². The molecule has 120 valence electrons. The van der Waals surface area contributed by atoms with Crippen molar-refractivity contribution in [3.05, 3.63) is 29.8 Å². The average Bonchev–Trinajstić information content (AvgIpc) is 2.45. The summed E-state index contributed by atoms with van der Waals surface area (Å²) in [5.41, 5.74) is -0.888. The zero-order chi connectivity index (χ0) is 16.7. The van der Waals surface area contributed by atoms with Gasteiger partial charge in [-0.05, 0) is 24.0 Å². The van der Waals surface area contributed by atoms with E-state index in [1.54, 1.807) is 0 Å². The summed E-state index contributed by atoms with van der Waals surface area (Å²) in [6.45, 7) is 0. The lowest BCUT2D eigenvalue weighted by Crippen LogP contribution is -2.70. The third kappa shape index (κ3) is 2.24. The van der Waals surface area contributed by atoms with E-state index in [1.165, 1.54) is 24.3 Å². The van der Waals surface area contributed by atoms with Crippen LogP contribution in [0.15, 0.2) is 24.3 Å². The van der Waals surface area contributed by atoms with Gasteiger partial charge < -0.3 is 15.6 Å². The van der Waals surface area contributed by atoms with E-state index in [4.69, 9.17) is 10.5 Å². The van der Waals surface area contributed by atoms with Gasteiger partial charge in [0, 0.05) is 0 Å². The fourth-order valence-electron chi connectivity index (χ4n) is 2.30. The van der Waals surface area contributed by atoms with Gasteiger partial charge in [0.1, 0.15) is 11.7 Å². The highest BCUT2D eigenvalue weighted by molar-refractivity contribution is 7.99. The Hall–Kier alpha value is -1.74. The molecule has 5 nitrogen and oxygen atoms in total. The van der Waals surface area contributed by atoms with Crippen LogP contribution in [-0.4, -0.2) is 40.3 Å². The lowest BCUT2D eigenvalue weighted by Gasteiger charge is -2.40. The molecule has 3 N–H and O–H groups in total. The average molecular weight is 335 g/mol. The normalized spacial score (nSPS) is 26.0. The number of halogens is 3. The Kier molecular flexibility index (Phi) is 4.14. The number of fused-ring (bicyclic) bond motifs is 5. The Balaban J connectivity index is 2.70. The molecular weight excluding hydrogens is 323 g/mol. The molecule has 0 saturated carbocycles. The van der Waals surface area contributed by atoms with E-state index in [0.717, 1.165) is 6.26 Å². The predicted molar refractivity (Wildman–Crippen MR) is 72.7 cm³/mol. The molecule has 0 amide bonds. The molecule has 1 aromatic carbocycles. The maximum atomic E-state index is 14.4. The van der Waals surface area contributed by atoms with Crippen molar-refractivity contribution in [3.8, 4) is 5.75 Å². The molecule has 0 radical (unpaired) electrons. The molecule has 3 unspecified atom stereocenters.